The van der Waals surface area contributed by atoms with Gasteiger partial charge in [-0.25, -0.2) is 13.4 Å². The van der Waals surface area contributed by atoms with Gasteiger partial charge in [0.25, 0.3) is 0 Å². The molecule has 2 aromatic rings. The molecule has 0 spiro atoms. The highest BCUT2D eigenvalue weighted by atomic mass is 32.2. The van der Waals surface area contributed by atoms with Gasteiger partial charge in [-0.15, -0.1) is 0 Å². The summed E-state index contributed by atoms with van der Waals surface area (Å²) in [7, 11) is -1.56. The Labute approximate surface area is 185 Å². The molecule has 1 saturated heterocycles. The molecule has 8 heteroatoms. The third-order valence-corrected chi connectivity index (χ3v) is 8.83. The Morgan fingerprint density at radius 3 is 2.61 bits per heavy atom. The van der Waals surface area contributed by atoms with Gasteiger partial charge < -0.3 is 9.88 Å². The number of benzene rings is 1. The Kier molecular flexibility index (Phi) is 6.67. The van der Waals surface area contributed by atoms with Crippen LogP contribution in [0.1, 0.15) is 64.1 Å². The van der Waals surface area contributed by atoms with Crippen LogP contribution in [0.25, 0.3) is 11.0 Å². The molecule has 170 valence electrons. The Bertz CT molecular complexity index is 1040. The molecule has 4 rings (SSSR count). The summed E-state index contributed by atoms with van der Waals surface area (Å²) in [5.41, 5.74) is 1.55. The number of nitrogens with one attached hydrogen (secondary N) is 1. The molecule has 2 heterocycles. The maximum Gasteiger partial charge on any atom is 0.243 e. The lowest BCUT2D eigenvalue weighted by atomic mass is 9.86. The number of aryl methyl sites for hydroxylation is 2. The van der Waals surface area contributed by atoms with E-state index in [-0.39, 0.29) is 11.9 Å². The monoisotopic (exact) mass is 446 g/mol. The molecule has 31 heavy (non-hydrogen) atoms. The van der Waals surface area contributed by atoms with Crippen molar-refractivity contribution in [2.24, 2.45) is 13.0 Å². The lowest BCUT2D eigenvalue weighted by Gasteiger charge is -2.29. The zero-order valence-corrected chi connectivity index (χ0v) is 19.5. The number of piperidine rings is 1. The van der Waals surface area contributed by atoms with E-state index >= 15 is 0 Å². The van der Waals surface area contributed by atoms with Gasteiger partial charge in [0.1, 0.15) is 5.82 Å². The Morgan fingerprint density at radius 2 is 1.87 bits per heavy atom. The summed E-state index contributed by atoms with van der Waals surface area (Å²) >= 11 is 0. The number of hydrogen-bond acceptors (Lipinski definition) is 4. The molecule has 0 bridgehead atoms. The molecule has 2 fully saturated rings. The van der Waals surface area contributed by atoms with Gasteiger partial charge in [0.15, 0.2) is 0 Å². The summed E-state index contributed by atoms with van der Waals surface area (Å²) in [6.45, 7) is 3.39. The average Bonchev–Trinajstić information content (AvgIpc) is 3.09. The molecular weight excluding hydrogens is 412 g/mol. The van der Waals surface area contributed by atoms with Crippen molar-refractivity contribution >= 4 is 27.0 Å². The van der Waals surface area contributed by atoms with E-state index in [9.17, 15) is 13.2 Å². The van der Waals surface area contributed by atoms with Gasteiger partial charge >= 0.3 is 0 Å². The molecule has 1 N–H and O–H groups in total. The summed E-state index contributed by atoms with van der Waals surface area (Å²) in [5, 5.41) is 3.20. The van der Waals surface area contributed by atoms with Gasteiger partial charge in [0, 0.05) is 39.0 Å². The van der Waals surface area contributed by atoms with Crippen molar-refractivity contribution in [2.75, 3.05) is 13.1 Å². The summed E-state index contributed by atoms with van der Waals surface area (Å²) in [4.78, 5) is 17.5. The van der Waals surface area contributed by atoms with Crippen molar-refractivity contribution in [3.05, 3.63) is 24.0 Å². The van der Waals surface area contributed by atoms with Gasteiger partial charge in [-0.3, -0.25) is 4.79 Å². The minimum absolute atomic E-state index is 0.0687. The molecule has 1 aliphatic carbocycles. The highest BCUT2D eigenvalue weighted by Gasteiger charge is 2.27. The summed E-state index contributed by atoms with van der Waals surface area (Å²) in [6.07, 6.45) is 8.51. The van der Waals surface area contributed by atoms with Gasteiger partial charge in [-0.2, -0.15) is 4.31 Å². The molecule has 0 unspecified atom stereocenters. The molecule has 1 aromatic carbocycles. The lowest BCUT2D eigenvalue weighted by molar-refractivity contribution is -0.122. The normalized spacial score (nSPS) is 23.2. The van der Waals surface area contributed by atoms with Gasteiger partial charge in [0.05, 0.1) is 15.9 Å². The molecule has 7 nitrogen and oxygen atoms in total. The van der Waals surface area contributed by atoms with Crippen LogP contribution in [0.4, 0.5) is 0 Å². The zero-order chi connectivity index (χ0) is 22.0. The van der Waals surface area contributed by atoms with Crippen LogP contribution >= 0.6 is 0 Å². The quantitative estimate of drug-likeness (QED) is 0.737. The molecule has 1 amide bonds. The molecule has 2 aliphatic rings. The van der Waals surface area contributed by atoms with Crippen LogP contribution in [-0.2, 0) is 28.3 Å². The van der Waals surface area contributed by atoms with Gasteiger partial charge in [-0.05, 0) is 49.8 Å². The molecule has 1 aromatic heterocycles. The third-order valence-electron chi connectivity index (χ3n) is 6.93. The van der Waals surface area contributed by atoms with Crippen molar-refractivity contribution in [1.82, 2.24) is 19.2 Å². The summed E-state index contributed by atoms with van der Waals surface area (Å²) in [5.74, 6) is 1.40. The van der Waals surface area contributed by atoms with Crippen LogP contribution in [0.2, 0.25) is 0 Å². The van der Waals surface area contributed by atoms with Crippen LogP contribution in [-0.4, -0.2) is 47.3 Å². The Hall–Kier alpha value is -1.93. The van der Waals surface area contributed by atoms with Gasteiger partial charge in [0.2, 0.25) is 15.9 Å². The Morgan fingerprint density at radius 1 is 1.13 bits per heavy atom. The number of sulfonamides is 1. The summed E-state index contributed by atoms with van der Waals surface area (Å²) < 4.78 is 29.5. The minimum Gasteiger partial charge on any atom is -0.353 e. The number of hydrogen-bond donors (Lipinski definition) is 1. The largest absolute Gasteiger partial charge is 0.353 e. The Balaban J connectivity index is 1.45. The standard InChI is InChI=1S/C23H34N4O3S/c1-17-8-4-5-9-19(17)25-23(28)13-12-22-24-20-16-18(10-11-21(20)26(22)2)31(29,30)27-14-6-3-7-15-27/h10-11,16-17,19H,3-9,12-15H2,1-2H3,(H,25,28)/t17-,19-/m1/s1. The second-order valence-electron chi connectivity index (χ2n) is 9.14. The number of carbonyl (C=O) groups excluding carboxylic acids is 1. The van der Waals surface area contributed by atoms with E-state index in [1.54, 1.807) is 16.4 Å². The summed E-state index contributed by atoms with van der Waals surface area (Å²) in [6, 6.07) is 5.46. The van der Waals surface area contributed by atoms with Crippen molar-refractivity contribution in [1.29, 1.82) is 0 Å². The number of imidazole rings is 1. The predicted molar refractivity (Wildman–Crippen MR) is 121 cm³/mol. The number of nitrogens with zero attached hydrogens (tertiary/aromatic N) is 3. The first kappa shape index (κ1) is 22.3. The first-order valence-electron chi connectivity index (χ1n) is 11.6. The van der Waals surface area contributed by atoms with Gasteiger partial charge in [-0.1, -0.05) is 26.2 Å². The van der Waals surface area contributed by atoms with E-state index in [4.69, 9.17) is 0 Å². The van der Waals surface area contributed by atoms with Crippen molar-refractivity contribution in [2.45, 2.75) is 75.6 Å². The smallest absolute Gasteiger partial charge is 0.243 e. The SMILES string of the molecule is C[C@@H]1CCCC[C@H]1NC(=O)CCc1nc2cc(S(=O)(=O)N3CCCCC3)ccc2n1C. The van der Waals surface area contributed by atoms with Crippen LogP contribution in [0.5, 0.6) is 0 Å². The topological polar surface area (TPSA) is 84.3 Å². The fourth-order valence-electron chi connectivity index (χ4n) is 4.90. The average molecular weight is 447 g/mol. The van der Waals surface area contributed by atoms with Crippen LogP contribution in [0.3, 0.4) is 0 Å². The van der Waals surface area contributed by atoms with Crippen molar-refractivity contribution in [3.63, 3.8) is 0 Å². The highest BCUT2D eigenvalue weighted by molar-refractivity contribution is 7.89. The highest BCUT2D eigenvalue weighted by Crippen LogP contribution is 2.26. The van der Waals surface area contributed by atoms with Crippen LogP contribution < -0.4 is 5.32 Å². The van der Waals surface area contributed by atoms with Crippen molar-refractivity contribution < 1.29 is 13.2 Å². The van der Waals surface area contributed by atoms with E-state index in [1.165, 1.54) is 19.3 Å². The second kappa shape index (κ2) is 9.28. The maximum atomic E-state index is 13.0. The third kappa shape index (κ3) is 4.80. The predicted octanol–water partition coefficient (Wildman–Crippen LogP) is 3.38. The number of rotatable bonds is 6. The van der Waals surface area contributed by atoms with E-state index < -0.39 is 10.0 Å². The molecular formula is C23H34N4O3S. The molecule has 1 saturated carbocycles. The first-order chi connectivity index (χ1) is 14.9. The lowest BCUT2D eigenvalue weighted by Crippen LogP contribution is -2.41. The van der Waals surface area contributed by atoms with E-state index in [2.05, 4.69) is 17.2 Å². The molecule has 2 atom stereocenters. The van der Waals surface area contributed by atoms with Crippen molar-refractivity contribution in [3.8, 4) is 0 Å². The second-order valence-corrected chi connectivity index (χ2v) is 11.1. The van der Waals surface area contributed by atoms with E-state index in [0.29, 0.717) is 42.3 Å². The van der Waals surface area contributed by atoms with E-state index in [0.717, 1.165) is 37.0 Å². The number of amides is 1. The van der Waals surface area contributed by atoms with E-state index in [1.807, 2.05) is 17.7 Å². The number of aromatic nitrogens is 2. The number of carbonyl (C=O) groups is 1. The minimum atomic E-state index is -3.48. The maximum absolute atomic E-state index is 13.0. The molecule has 1 aliphatic heterocycles. The fraction of sp³-hybridized carbons (Fsp3) is 0.652. The van der Waals surface area contributed by atoms with Crippen LogP contribution in [0.15, 0.2) is 23.1 Å². The molecule has 0 radical (unpaired) electrons. The zero-order valence-electron chi connectivity index (χ0n) is 18.6. The number of fused-ring (bicyclic) bond motifs is 1. The van der Waals surface area contributed by atoms with Crippen LogP contribution in [0, 0.1) is 5.92 Å². The fourth-order valence-corrected chi connectivity index (χ4v) is 6.44. The first-order valence-corrected chi connectivity index (χ1v) is 13.0.